The van der Waals surface area contributed by atoms with Crippen LogP contribution in [0.15, 0.2) is 57.8 Å². The summed E-state index contributed by atoms with van der Waals surface area (Å²) in [7, 11) is 0. The van der Waals surface area contributed by atoms with Gasteiger partial charge >= 0.3 is 0 Å². The Bertz CT molecular complexity index is 760. The second kappa shape index (κ2) is 9.87. The number of halogens is 4. The lowest BCUT2D eigenvalue weighted by molar-refractivity contribution is 0.626. The van der Waals surface area contributed by atoms with Gasteiger partial charge in [0.25, 0.3) is 0 Å². The summed E-state index contributed by atoms with van der Waals surface area (Å²) in [4.78, 5) is 0. The van der Waals surface area contributed by atoms with E-state index in [0.717, 1.165) is 5.56 Å². The average Bonchev–Trinajstić information content (AvgIpc) is 2.51. The first kappa shape index (κ1) is 19.9. The van der Waals surface area contributed by atoms with Gasteiger partial charge in [0.1, 0.15) is 5.82 Å². The van der Waals surface area contributed by atoms with Crippen molar-refractivity contribution in [1.82, 2.24) is 5.43 Å². The van der Waals surface area contributed by atoms with Gasteiger partial charge in [-0.15, -0.1) is 17.5 Å². The summed E-state index contributed by atoms with van der Waals surface area (Å²) in [6.07, 6.45) is 2.77. The Labute approximate surface area is 154 Å². The fraction of sp³-hybridized carbons (Fsp3) is 0. The van der Waals surface area contributed by atoms with Crippen molar-refractivity contribution < 1.29 is 4.39 Å². The third kappa shape index (κ3) is 6.54. The molecule has 0 aliphatic carbocycles. The monoisotopic (exact) mass is 387 g/mol. The van der Waals surface area contributed by atoms with Crippen molar-refractivity contribution in [2.45, 2.75) is 0 Å². The predicted molar refractivity (Wildman–Crippen MR) is 100 cm³/mol. The van der Waals surface area contributed by atoms with Crippen molar-refractivity contribution in [3.05, 3.63) is 69.5 Å². The Balaban J connectivity index is 0.00000288. The highest BCUT2D eigenvalue weighted by Crippen LogP contribution is 2.13. The smallest absolute Gasteiger partial charge is 0.234 e. The molecular weight excluding hydrogens is 376 g/mol. The first-order valence-corrected chi connectivity index (χ1v) is 7.16. The number of guanidine groups is 1. The lowest BCUT2D eigenvalue weighted by atomic mass is 10.2. The van der Waals surface area contributed by atoms with E-state index in [9.17, 15) is 4.39 Å². The molecule has 5 nitrogen and oxygen atoms in total. The SMILES string of the molecule is Cl.NC(=N/N=C/c1ccc(Cl)cc1F)N/N=C/c1ccc(Cl)cc1. The maximum atomic E-state index is 13.5. The van der Waals surface area contributed by atoms with Gasteiger partial charge in [0, 0.05) is 15.6 Å². The Morgan fingerprint density at radius 2 is 1.71 bits per heavy atom. The zero-order valence-electron chi connectivity index (χ0n) is 12.2. The van der Waals surface area contributed by atoms with E-state index in [1.165, 1.54) is 18.3 Å². The normalized spacial score (nSPS) is 11.7. The third-order valence-corrected chi connectivity index (χ3v) is 3.07. The third-order valence-electron chi connectivity index (χ3n) is 2.59. The maximum Gasteiger partial charge on any atom is 0.234 e. The van der Waals surface area contributed by atoms with Gasteiger partial charge in [-0.2, -0.15) is 10.2 Å². The van der Waals surface area contributed by atoms with Crippen LogP contribution in [0.4, 0.5) is 4.39 Å². The van der Waals surface area contributed by atoms with E-state index in [-0.39, 0.29) is 23.9 Å². The van der Waals surface area contributed by atoms with E-state index < -0.39 is 5.82 Å². The van der Waals surface area contributed by atoms with Crippen LogP contribution in [0.1, 0.15) is 11.1 Å². The Kier molecular flexibility index (Phi) is 8.18. The molecule has 2 rings (SSSR count). The molecule has 0 radical (unpaired) electrons. The lowest BCUT2D eigenvalue weighted by Gasteiger charge is -1.97. The minimum absolute atomic E-state index is 0. The number of rotatable bonds is 4. The largest absolute Gasteiger partial charge is 0.367 e. The molecule has 0 atom stereocenters. The number of hydrogen-bond donors (Lipinski definition) is 2. The van der Waals surface area contributed by atoms with Gasteiger partial charge in [0.15, 0.2) is 0 Å². The highest BCUT2D eigenvalue weighted by molar-refractivity contribution is 6.30. The fourth-order valence-corrected chi connectivity index (χ4v) is 1.79. The van der Waals surface area contributed by atoms with Gasteiger partial charge in [-0.05, 0) is 35.9 Å². The van der Waals surface area contributed by atoms with E-state index in [2.05, 4.69) is 20.7 Å². The summed E-state index contributed by atoms with van der Waals surface area (Å²) >= 11 is 11.4. The van der Waals surface area contributed by atoms with E-state index in [4.69, 9.17) is 28.9 Å². The number of nitrogens with two attached hydrogens (primary N) is 1. The van der Waals surface area contributed by atoms with Gasteiger partial charge in [-0.1, -0.05) is 35.3 Å². The predicted octanol–water partition coefficient (Wildman–Crippen LogP) is 3.83. The van der Waals surface area contributed by atoms with Crippen molar-refractivity contribution >= 4 is 54.0 Å². The number of hydrogen-bond acceptors (Lipinski definition) is 3. The Morgan fingerprint density at radius 3 is 2.38 bits per heavy atom. The molecule has 0 spiro atoms. The molecule has 0 aliphatic heterocycles. The van der Waals surface area contributed by atoms with Crippen molar-refractivity contribution in [1.29, 1.82) is 0 Å². The molecule has 0 aliphatic rings. The molecule has 0 amide bonds. The standard InChI is InChI=1S/C15H12Cl2FN5.ClH/c16-12-4-1-10(2-5-12)8-20-22-15(19)23-21-9-11-3-6-13(17)7-14(11)18;/h1-9H,(H3,19,22,23);1H/b20-8+,21-9+;. The van der Waals surface area contributed by atoms with Crippen LogP contribution >= 0.6 is 35.6 Å². The van der Waals surface area contributed by atoms with Gasteiger partial charge in [0.2, 0.25) is 5.96 Å². The molecule has 0 heterocycles. The Morgan fingerprint density at radius 1 is 1.04 bits per heavy atom. The highest BCUT2D eigenvalue weighted by atomic mass is 35.5. The maximum absolute atomic E-state index is 13.5. The first-order chi connectivity index (χ1) is 11.0. The summed E-state index contributed by atoms with van der Waals surface area (Å²) < 4.78 is 13.5. The molecule has 0 fully saturated rings. The van der Waals surface area contributed by atoms with Crippen molar-refractivity contribution in [2.75, 3.05) is 0 Å². The molecule has 0 aromatic heterocycles. The summed E-state index contributed by atoms with van der Waals surface area (Å²) in [5.74, 6) is -0.537. The van der Waals surface area contributed by atoms with Crippen LogP contribution in [0.3, 0.4) is 0 Å². The summed E-state index contributed by atoms with van der Waals surface area (Å²) in [5, 5.41) is 12.1. The molecule has 2 aromatic rings. The minimum atomic E-state index is -0.497. The van der Waals surface area contributed by atoms with Crippen LogP contribution in [-0.2, 0) is 0 Å². The van der Waals surface area contributed by atoms with E-state index >= 15 is 0 Å². The number of hydrazone groups is 1. The van der Waals surface area contributed by atoms with Crippen molar-refractivity contribution in [2.24, 2.45) is 21.0 Å². The second-order valence-corrected chi connectivity index (χ2v) is 5.19. The van der Waals surface area contributed by atoms with Crippen molar-refractivity contribution in [3.8, 4) is 0 Å². The topological polar surface area (TPSA) is 75.1 Å². The summed E-state index contributed by atoms with van der Waals surface area (Å²) in [6, 6.07) is 11.3. The molecule has 0 bridgehead atoms. The number of benzene rings is 2. The second-order valence-electron chi connectivity index (χ2n) is 4.32. The quantitative estimate of drug-likeness (QED) is 0.474. The first-order valence-electron chi connectivity index (χ1n) is 6.41. The molecule has 3 N–H and O–H groups in total. The molecule has 24 heavy (non-hydrogen) atoms. The number of nitrogens with one attached hydrogen (secondary N) is 1. The number of nitrogens with zero attached hydrogens (tertiary/aromatic N) is 3. The van der Waals surface area contributed by atoms with Gasteiger partial charge < -0.3 is 5.73 Å². The summed E-state index contributed by atoms with van der Waals surface area (Å²) in [5.41, 5.74) is 9.14. The zero-order valence-corrected chi connectivity index (χ0v) is 14.5. The molecule has 0 unspecified atom stereocenters. The van der Waals surface area contributed by atoms with Crippen LogP contribution in [0.2, 0.25) is 10.0 Å². The zero-order chi connectivity index (χ0) is 16.7. The summed E-state index contributed by atoms with van der Waals surface area (Å²) in [6.45, 7) is 0. The van der Waals surface area contributed by atoms with Gasteiger partial charge in [0.05, 0.1) is 12.4 Å². The molecule has 2 aromatic carbocycles. The molecule has 9 heteroatoms. The lowest BCUT2D eigenvalue weighted by Crippen LogP contribution is -2.26. The van der Waals surface area contributed by atoms with Gasteiger partial charge in [-0.3, -0.25) is 0 Å². The van der Waals surface area contributed by atoms with E-state index in [1.54, 1.807) is 36.5 Å². The van der Waals surface area contributed by atoms with Crippen LogP contribution in [0.25, 0.3) is 0 Å². The molecule has 0 saturated carbocycles. The van der Waals surface area contributed by atoms with Crippen LogP contribution < -0.4 is 11.2 Å². The fourth-order valence-electron chi connectivity index (χ4n) is 1.50. The van der Waals surface area contributed by atoms with Crippen molar-refractivity contribution in [3.63, 3.8) is 0 Å². The van der Waals surface area contributed by atoms with Gasteiger partial charge in [-0.25, -0.2) is 9.82 Å². The highest BCUT2D eigenvalue weighted by Gasteiger charge is 1.99. The van der Waals surface area contributed by atoms with E-state index in [0.29, 0.717) is 10.0 Å². The average molecular weight is 389 g/mol. The van der Waals surface area contributed by atoms with Crippen LogP contribution in [0.5, 0.6) is 0 Å². The van der Waals surface area contributed by atoms with Crippen LogP contribution in [0, 0.1) is 5.82 Å². The molecule has 0 saturated heterocycles. The minimum Gasteiger partial charge on any atom is -0.367 e. The van der Waals surface area contributed by atoms with E-state index in [1.807, 2.05) is 0 Å². The molecular formula is C15H13Cl3FN5. The molecule has 126 valence electrons. The van der Waals surface area contributed by atoms with Crippen LogP contribution in [-0.4, -0.2) is 18.4 Å². The Hall–Kier alpha value is -2.15.